The highest BCUT2D eigenvalue weighted by atomic mass is 32.1. The molecule has 5 nitrogen and oxygen atoms in total. The van der Waals surface area contributed by atoms with Crippen molar-refractivity contribution in [1.29, 1.82) is 5.26 Å². The van der Waals surface area contributed by atoms with E-state index in [4.69, 9.17) is 5.26 Å². The number of aromatic amines is 1. The summed E-state index contributed by atoms with van der Waals surface area (Å²) in [6, 6.07) is 3.34. The number of nitrogens with one attached hydrogen (secondary N) is 2. The number of rotatable bonds is 3. The fourth-order valence-electron chi connectivity index (χ4n) is 1.66. The van der Waals surface area contributed by atoms with Gasteiger partial charge in [-0.15, -0.1) is 11.3 Å². The third-order valence-electron chi connectivity index (χ3n) is 2.60. The molecule has 0 spiro atoms. The maximum atomic E-state index is 11.9. The monoisotopic (exact) mass is 260 g/mol. The second-order valence-electron chi connectivity index (χ2n) is 3.90. The molecule has 1 unspecified atom stereocenters. The molecule has 2 heterocycles. The Bertz CT molecular complexity index is 608. The summed E-state index contributed by atoms with van der Waals surface area (Å²) in [5.74, 6) is -0.239. The zero-order chi connectivity index (χ0) is 13.1. The van der Waals surface area contributed by atoms with Crippen LogP contribution in [-0.2, 0) is 0 Å². The molecule has 2 N–H and O–H groups in total. The summed E-state index contributed by atoms with van der Waals surface area (Å²) in [6.07, 6.45) is 1.51. The molecular weight excluding hydrogens is 248 g/mol. The van der Waals surface area contributed by atoms with Gasteiger partial charge in [-0.3, -0.25) is 4.79 Å². The molecule has 0 aliphatic heterocycles. The maximum absolute atomic E-state index is 11.9. The molecule has 0 saturated heterocycles. The van der Waals surface area contributed by atoms with E-state index in [-0.39, 0.29) is 11.9 Å². The van der Waals surface area contributed by atoms with Crippen LogP contribution in [0.25, 0.3) is 0 Å². The summed E-state index contributed by atoms with van der Waals surface area (Å²) in [6.45, 7) is 3.85. The predicted octanol–water partition coefficient (Wildman–Crippen LogP) is 2.14. The molecule has 18 heavy (non-hydrogen) atoms. The number of aryl methyl sites for hydroxylation is 1. The summed E-state index contributed by atoms with van der Waals surface area (Å²) >= 11 is 1.55. The number of thiazole rings is 1. The van der Waals surface area contributed by atoms with Gasteiger partial charge in [-0.05, 0) is 19.9 Å². The Labute approximate surface area is 108 Å². The van der Waals surface area contributed by atoms with Crippen LogP contribution in [-0.4, -0.2) is 15.9 Å². The third-order valence-corrected chi connectivity index (χ3v) is 3.37. The molecular formula is C12H12N4OS. The second-order valence-corrected chi connectivity index (χ2v) is 4.96. The number of carbonyl (C=O) groups is 1. The summed E-state index contributed by atoms with van der Waals surface area (Å²) in [4.78, 5) is 20.0. The lowest BCUT2D eigenvalue weighted by Gasteiger charge is -2.11. The van der Waals surface area contributed by atoms with Gasteiger partial charge in [0.1, 0.15) is 11.8 Å². The van der Waals surface area contributed by atoms with Gasteiger partial charge < -0.3 is 10.3 Å². The molecule has 0 aliphatic rings. The summed E-state index contributed by atoms with van der Waals surface area (Å²) in [5.41, 5.74) is 3.46. The van der Waals surface area contributed by atoms with Crippen LogP contribution in [0.1, 0.15) is 39.6 Å². The highest BCUT2D eigenvalue weighted by Gasteiger charge is 2.16. The summed E-state index contributed by atoms with van der Waals surface area (Å²) in [7, 11) is 0. The first-order chi connectivity index (χ1) is 8.61. The summed E-state index contributed by atoms with van der Waals surface area (Å²) in [5, 5.41) is 11.5. The Morgan fingerprint density at radius 3 is 3.00 bits per heavy atom. The minimum Gasteiger partial charge on any atom is -0.356 e. The van der Waals surface area contributed by atoms with E-state index in [1.165, 1.54) is 12.3 Å². The van der Waals surface area contributed by atoms with Crippen molar-refractivity contribution in [2.24, 2.45) is 0 Å². The second kappa shape index (κ2) is 5.02. The van der Waals surface area contributed by atoms with Crippen molar-refractivity contribution in [1.82, 2.24) is 15.3 Å². The minimum absolute atomic E-state index is 0.155. The molecule has 2 aromatic heterocycles. The largest absolute Gasteiger partial charge is 0.356 e. The van der Waals surface area contributed by atoms with Crippen molar-refractivity contribution in [3.8, 4) is 6.07 Å². The lowest BCUT2D eigenvalue weighted by molar-refractivity contribution is 0.0934. The zero-order valence-corrected chi connectivity index (χ0v) is 10.8. The first-order valence-electron chi connectivity index (χ1n) is 5.41. The molecule has 0 radical (unpaired) electrons. The Morgan fingerprint density at radius 2 is 2.44 bits per heavy atom. The lowest BCUT2D eigenvalue weighted by Crippen LogP contribution is -2.27. The van der Waals surface area contributed by atoms with E-state index < -0.39 is 0 Å². The van der Waals surface area contributed by atoms with E-state index in [0.717, 1.165) is 10.6 Å². The average molecular weight is 260 g/mol. The van der Waals surface area contributed by atoms with Gasteiger partial charge in [-0.25, -0.2) is 4.98 Å². The van der Waals surface area contributed by atoms with Crippen LogP contribution in [0.3, 0.4) is 0 Å². The molecule has 0 bridgehead atoms. The SMILES string of the molecule is Cc1scnc1C(C)NC(=O)c1cc(C#N)c[nH]1. The van der Waals surface area contributed by atoms with Crippen LogP contribution in [0.5, 0.6) is 0 Å². The van der Waals surface area contributed by atoms with E-state index >= 15 is 0 Å². The smallest absolute Gasteiger partial charge is 0.268 e. The molecule has 0 aromatic carbocycles. The number of hydrogen-bond acceptors (Lipinski definition) is 4. The van der Waals surface area contributed by atoms with Crippen LogP contribution in [0.4, 0.5) is 0 Å². The molecule has 0 aliphatic carbocycles. The van der Waals surface area contributed by atoms with Gasteiger partial charge in [0.15, 0.2) is 0 Å². The standard InChI is InChI=1S/C12H12N4OS/c1-7(11-8(2)18-6-15-11)16-12(17)10-3-9(4-13)5-14-10/h3,5-7,14H,1-2H3,(H,16,17). The van der Waals surface area contributed by atoms with Crippen molar-refractivity contribution in [3.63, 3.8) is 0 Å². The Kier molecular flexibility index (Phi) is 3.44. The van der Waals surface area contributed by atoms with E-state index in [1.807, 2.05) is 19.9 Å². The highest BCUT2D eigenvalue weighted by molar-refractivity contribution is 7.09. The van der Waals surface area contributed by atoms with Crippen LogP contribution < -0.4 is 5.32 Å². The molecule has 2 aromatic rings. The average Bonchev–Trinajstić information content (AvgIpc) is 2.96. The first kappa shape index (κ1) is 12.3. The minimum atomic E-state index is -0.239. The van der Waals surface area contributed by atoms with Crippen molar-refractivity contribution in [2.45, 2.75) is 19.9 Å². The van der Waals surface area contributed by atoms with Crippen molar-refractivity contribution in [3.05, 3.63) is 39.6 Å². The fraction of sp³-hybridized carbons (Fsp3) is 0.250. The van der Waals surface area contributed by atoms with E-state index in [0.29, 0.717) is 11.3 Å². The lowest BCUT2D eigenvalue weighted by atomic mass is 10.2. The Balaban J connectivity index is 2.08. The van der Waals surface area contributed by atoms with Gasteiger partial charge >= 0.3 is 0 Å². The molecule has 2 rings (SSSR count). The van der Waals surface area contributed by atoms with Crippen LogP contribution in [0.15, 0.2) is 17.8 Å². The summed E-state index contributed by atoms with van der Waals surface area (Å²) < 4.78 is 0. The van der Waals surface area contributed by atoms with Crippen molar-refractivity contribution in [2.75, 3.05) is 0 Å². The highest BCUT2D eigenvalue weighted by Crippen LogP contribution is 2.19. The number of nitrogens with zero attached hydrogens (tertiary/aromatic N) is 2. The van der Waals surface area contributed by atoms with E-state index in [9.17, 15) is 4.79 Å². The van der Waals surface area contributed by atoms with Gasteiger partial charge in [-0.2, -0.15) is 5.26 Å². The number of aromatic nitrogens is 2. The number of nitriles is 1. The van der Waals surface area contributed by atoms with E-state index in [1.54, 1.807) is 16.8 Å². The third kappa shape index (κ3) is 2.41. The van der Waals surface area contributed by atoms with Gasteiger partial charge in [0.25, 0.3) is 5.91 Å². The Hall–Kier alpha value is -2.13. The Morgan fingerprint density at radius 1 is 1.67 bits per heavy atom. The number of amides is 1. The van der Waals surface area contributed by atoms with Crippen LogP contribution in [0.2, 0.25) is 0 Å². The molecule has 92 valence electrons. The number of H-pyrrole nitrogens is 1. The van der Waals surface area contributed by atoms with Crippen LogP contribution in [0, 0.1) is 18.3 Å². The quantitative estimate of drug-likeness (QED) is 0.887. The normalized spacial score (nSPS) is 11.8. The predicted molar refractivity (Wildman–Crippen MR) is 68.2 cm³/mol. The van der Waals surface area contributed by atoms with Gasteiger partial charge in [0.2, 0.25) is 0 Å². The molecule has 6 heteroatoms. The van der Waals surface area contributed by atoms with Gasteiger partial charge in [0, 0.05) is 11.1 Å². The maximum Gasteiger partial charge on any atom is 0.268 e. The number of hydrogen-bond donors (Lipinski definition) is 2. The molecule has 1 amide bonds. The van der Waals surface area contributed by atoms with Gasteiger partial charge in [0.05, 0.1) is 22.8 Å². The number of carbonyl (C=O) groups excluding carboxylic acids is 1. The molecule has 0 saturated carbocycles. The first-order valence-corrected chi connectivity index (χ1v) is 6.29. The van der Waals surface area contributed by atoms with Crippen molar-refractivity contribution < 1.29 is 4.79 Å². The topological polar surface area (TPSA) is 81.6 Å². The van der Waals surface area contributed by atoms with E-state index in [2.05, 4.69) is 15.3 Å². The molecule has 0 fully saturated rings. The fourth-order valence-corrected chi connectivity index (χ4v) is 2.34. The zero-order valence-electron chi connectivity index (χ0n) is 10.0. The van der Waals surface area contributed by atoms with Crippen molar-refractivity contribution >= 4 is 17.2 Å². The van der Waals surface area contributed by atoms with Crippen LogP contribution >= 0.6 is 11.3 Å². The molecule has 1 atom stereocenters. The van der Waals surface area contributed by atoms with Gasteiger partial charge in [-0.1, -0.05) is 0 Å².